The Morgan fingerprint density at radius 1 is 1.29 bits per heavy atom. The smallest absolute Gasteiger partial charge is 0.132 e. The number of imidazole rings is 1. The van der Waals surface area contributed by atoms with Gasteiger partial charge >= 0.3 is 0 Å². The zero-order valence-corrected chi connectivity index (χ0v) is 14.2. The molecule has 2 aromatic rings. The highest BCUT2D eigenvalue weighted by molar-refractivity contribution is 5.73. The number of nitrogen functional groups attached to an aromatic ring is 1. The molecule has 5 nitrogen and oxygen atoms in total. The van der Waals surface area contributed by atoms with E-state index in [1.807, 2.05) is 17.9 Å². The molecule has 0 saturated heterocycles. The maximum Gasteiger partial charge on any atom is 0.132 e. The molecule has 0 fully saturated rings. The van der Waals surface area contributed by atoms with Crippen LogP contribution in [0.5, 0.6) is 0 Å². The van der Waals surface area contributed by atoms with Crippen molar-refractivity contribution < 1.29 is 0 Å². The van der Waals surface area contributed by atoms with Gasteiger partial charge in [0.25, 0.3) is 0 Å². The van der Waals surface area contributed by atoms with Crippen molar-refractivity contribution in [1.29, 1.82) is 0 Å². The SMILES string of the molecule is CCc1nn(C)cc1-c1nc(C(C)(C)C)n(C(C)C)c1N. The van der Waals surface area contributed by atoms with E-state index in [-0.39, 0.29) is 11.5 Å². The van der Waals surface area contributed by atoms with Crippen molar-refractivity contribution >= 4 is 5.82 Å². The minimum atomic E-state index is -0.0504. The number of anilines is 1. The molecule has 0 radical (unpaired) electrons. The molecule has 0 aliphatic carbocycles. The first kappa shape index (κ1) is 15.6. The third kappa shape index (κ3) is 2.69. The average molecular weight is 289 g/mol. The first-order valence-corrected chi connectivity index (χ1v) is 7.57. The van der Waals surface area contributed by atoms with Crippen LogP contribution in [0, 0.1) is 0 Å². The van der Waals surface area contributed by atoms with Crippen LogP contribution in [-0.4, -0.2) is 19.3 Å². The van der Waals surface area contributed by atoms with Gasteiger partial charge in [0, 0.05) is 30.3 Å². The Hall–Kier alpha value is -1.78. The normalized spacial score (nSPS) is 12.4. The standard InChI is InChI=1S/C16H27N5/c1-8-12-11(9-20(7)19-12)13-14(17)21(10(2)3)15(18-13)16(4,5)6/h9-10H,8,17H2,1-7H3. The van der Waals surface area contributed by atoms with Crippen molar-refractivity contribution in [3.05, 3.63) is 17.7 Å². The summed E-state index contributed by atoms with van der Waals surface area (Å²) in [6.45, 7) is 12.9. The van der Waals surface area contributed by atoms with Crippen molar-refractivity contribution in [3.8, 4) is 11.3 Å². The molecule has 0 aliphatic heterocycles. The van der Waals surface area contributed by atoms with Crippen molar-refractivity contribution in [2.75, 3.05) is 5.73 Å². The van der Waals surface area contributed by atoms with E-state index in [1.54, 1.807) is 0 Å². The Morgan fingerprint density at radius 2 is 1.90 bits per heavy atom. The molecule has 0 unspecified atom stereocenters. The molecule has 0 spiro atoms. The predicted octanol–water partition coefficient (Wildman–Crippen LogP) is 3.31. The Balaban J connectivity index is 2.71. The summed E-state index contributed by atoms with van der Waals surface area (Å²) in [7, 11) is 1.93. The Bertz CT molecular complexity index is 640. The van der Waals surface area contributed by atoms with Crippen molar-refractivity contribution in [3.63, 3.8) is 0 Å². The number of aryl methyl sites for hydroxylation is 2. The second kappa shape index (κ2) is 5.20. The molecule has 0 atom stereocenters. The highest BCUT2D eigenvalue weighted by atomic mass is 15.3. The van der Waals surface area contributed by atoms with Gasteiger partial charge in [0.1, 0.15) is 17.3 Å². The van der Waals surface area contributed by atoms with Crippen LogP contribution < -0.4 is 5.73 Å². The van der Waals surface area contributed by atoms with Crippen LogP contribution in [-0.2, 0) is 18.9 Å². The first-order valence-electron chi connectivity index (χ1n) is 7.57. The van der Waals surface area contributed by atoms with Gasteiger partial charge in [0.05, 0.1) is 5.69 Å². The third-order valence-electron chi connectivity index (χ3n) is 3.63. The van der Waals surface area contributed by atoms with Crippen LogP contribution >= 0.6 is 0 Å². The highest BCUT2D eigenvalue weighted by Crippen LogP contribution is 2.35. The lowest BCUT2D eigenvalue weighted by Gasteiger charge is -2.22. The van der Waals surface area contributed by atoms with E-state index in [0.29, 0.717) is 0 Å². The van der Waals surface area contributed by atoms with E-state index in [9.17, 15) is 0 Å². The second-order valence-corrected chi connectivity index (χ2v) is 6.90. The lowest BCUT2D eigenvalue weighted by molar-refractivity contribution is 0.473. The van der Waals surface area contributed by atoms with Crippen molar-refractivity contribution in [2.45, 2.75) is 59.4 Å². The molecule has 0 amide bonds. The topological polar surface area (TPSA) is 61.7 Å². The maximum atomic E-state index is 6.43. The van der Waals surface area contributed by atoms with Crippen LogP contribution in [0.25, 0.3) is 11.3 Å². The third-order valence-corrected chi connectivity index (χ3v) is 3.63. The summed E-state index contributed by atoms with van der Waals surface area (Å²) in [5.74, 6) is 1.76. The fourth-order valence-corrected chi connectivity index (χ4v) is 2.69. The number of hydrogen-bond donors (Lipinski definition) is 1. The van der Waals surface area contributed by atoms with E-state index in [2.05, 4.69) is 51.2 Å². The van der Waals surface area contributed by atoms with E-state index in [1.165, 1.54) is 0 Å². The van der Waals surface area contributed by atoms with E-state index in [4.69, 9.17) is 10.7 Å². The van der Waals surface area contributed by atoms with Gasteiger partial charge in [-0.3, -0.25) is 4.68 Å². The zero-order chi connectivity index (χ0) is 15.9. The zero-order valence-electron chi connectivity index (χ0n) is 14.2. The van der Waals surface area contributed by atoms with Crippen LogP contribution in [0.2, 0.25) is 0 Å². The van der Waals surface area contributed by atoms with Crippen molar-refractivity contribution in [1.82, 2.24) is 19.3 Å². The summed E-state index contributed by atoms with van der Waals surface area (Å²) in [5, 5.41) is 4.50. The number of aromatic nitrogens is 4. The summed E-state index contributed by atoms with van der Waals surface area (Å²) in [4.78, 5) is 4.88. The van der Waals surface area contributed by atoms with Gasteiger partial charge in [-0.05, 0) is 20.3 Å². The van der Waals surface area contributed by atoms with Gasteiger partial charge in [0.15, 0.2) is 0 Å². The van der Waals surface area contributed by atoms with Gasteiger partial charge in [-0.15, -0.1) is 0 Å². The molecule has 0 aromatic carbocycles. The predicted molar refractivity (Wildman–Crippen MR) is 87.3 cm³/mol. The first-order chi connectivity index (χ1) is 9.66. The quantitative estimate of drug-likeness (QED) is 0.943. The summed E-state index contributed by atoms with van der Waals surface area (Å²) >= 11 is 0. The van der Waals surface area contributed by atoms with Crippen LogP contribution in [0.3, 0.4) is 0 Å². The summed E-state index contributed by atoms with van der Waals surface area (Å²) in [5.41, 5.74) is 9.32. The largest absolute Gasteiger partial charge is 0.383 e. The average Bonchev–Trinajstić information content (AvgIpc) is 2.88. The number of hydrogen-bond acceptors (Lipinski definition) is 3. The fourth-order valence-electron chi connectivity index (χ4n) is 2.69. The minimum absolute atomic E-state index is 0.0504. The molecule has 0 saturated carbocycles. The van der Waals surface area contributed by atoms with E-state index in [0.717, 1.165) is 35.0 Å². The lowest BCUT2D eigenvalue weighted by atomic mass is 9.95. The lowest BCUT2D eigenvalue weighted by Crippen LogP contribution is -2.21. The molecule has 116 valence electrons. The molecule has 5 heteroatoms. The molecule has 2 heterocycles. The van der Waals surface area contributed by atoms with Gasteiger partial charge < -0.3 is 10.3 Å². The molecular weight excluding hydrogens is 262 g/mol. The highest BCUT2D eigenvalue weighted by Gasteiger charge is 2.28. The van der Waals surface area contributed by atoms with Gasteiger partial charge in [0.2, 0.25) is 0 Å². The Labute approximate surface area is 127 Å². The number of rotatable bonds is 3. The summed E-state index contributed by atoms with van der Waals surface area (Å²) in [6, 6.07) is 0.280. The van der Waals surface area contributed by atoms with E-state index >= 15 is 0 Å². The molecule has 2 N–H and O–H groups in total. The number of nitrogens with zero attached hydrogens (tertiary/aromatic N) is 4. The molecule has 0 bridgehead atoms. The molecule has 2 rings (SSSR count). The van der Waals surface area contributed by atoms with Gasteiger partial charge in [-0.1, -0.05) is 27.7 Å². The van der Waals surface area contributed by atoms with Crippen LogP contribution in [0.4, 0.5) is 5.82 Å². The number of nitrogens with two attached hydrogens (primary N) is 1. The van der Waals surface area contributed by atoms with Gasteiger partial charge in [-0.25, -0.2) is 4.98 Å². The fraction of sp³-hybridized carbons (Fsp3) is 0.625. The summed E-state index contributed by atoms with van der Waals surface area (Å²) < 4.78 is 3.97. The minimum Gasteiger partial charge on any atom is -0.383 e. The molecule has 21 heavy (non-hydrogen) atoms. The molecular formula is C16H27N5. The second-order valence-electron chi connectivity index (χ2n) is 6.90. The Morgan fingerprint density at radius 3 is 2.33 bits per heavy atom. The summed E-state index contributed by atoms with van der Waals surface area (Å²) in [6.07, 6.45) is 2.88. The van der Waals surface area contributed by atoms with Crippen LogP contribution in [0.15, 0.2) is 6.20 Å². The molecule has 2 aromatic heterocycles. The van der Waals surface area contributed by atoms with Gasteiger partial charge in [-0.2, -0.15) is 5.10 Å². The maximum absolute atomic E-state index is 6.43. The van der Waals surface area contributed by atoms with Crippen LogP contribution in [0.1, 0.15) is 59.1 Å². The molecule has 0 aliphatic rings. The van der Waals surface area contributed by atoms with Crippen molar-refractivity contribution in [2.24, 2.45) is 7.05 Å². The Kier molecular flexibility index (Phi) is 3.87. The monoisotopic (exact) mass is 289 g/mol. The van der Waals surface area contributed by atoms with E-state index < -0.39 is 0 Å².